The lowest BCUT2D eigenvalue weighted by atomic mass is 9.99. The van der Waals surface area contributed by atoms with Crippen molar-refractivity contribution in [3.8, 4) is 0 Å². The molecule has 13 heavy (non-hydrogen) atoms. The van der Waals surface area contributed by atoms with E-state index in [0.29, 0.717) is 24.3 Å². The van der Waals surface area contributed by atoms with Crippen molar-refractivity contribution in [2.45, 2.75) is 71.2 Å². The molecule has 2 nitrogen and oxygen atoms in total. The van der Waals surface area contributed by atoms with Gasteiger partial charge in [0.1, 0.15) is 0 Å². The predicted molar refractivity (Wildman–Crippen MR) is 55.9 cm³/mol. The van der Waals surface area contributed by atoms with Crippen molar-refractivity contribution in [2.75, 3.05) is 0 Å². The molecule has 1 saturated heterocycles. The van der Waals surface area contributed by atoms with Crippen LogP contribution in [0.25, 0.3) is 0 Å². The third-order valence-electron chi connectivity index (χ3n) is 2.83. The van der Waals surface area contributed by atoms with Gasteiger partial charge in [-0.25, -0.2) is 0 Å². The van der Waals surface area contributed by atoms with Gasteiger partial charge in [-0.3, -0.25) is 0 Å². The highest BCUT2D eigenvalue weighted by atomic mass is 16.5. The normalized spacial score (nSPS) is 37.4. The van der Waals surface area contributed by atoms with E-state index in [2.05, 4.69) is 33.0 Å². The summed E-state index contributed by atoms with van der Waals surface area (Å²) in [5.74, 6) is 0. The molecule has 1 aliphatic rings. The maximum Gasteiger partial charge on any atom is 0.0565 e. The lowest BCUT2D eigenvalue weighted by Gasteiger charge is -2.34. The fourth-order valence-electron chi connectivity index (χ4n) is 2.06. The van der Waals surface area contributed by atoms with Gasteiger partial charge in [-0.05, 0) is 40.0 Å². The second-order valence-electron chi connectivity index (χ2n) is 4.40. The van der Waals surface area contributed by atoms with Crippen LogP contribution in [0.15, 0.2) is 0 Å². The molecular formula is C11H23NO. The second kappa shape index (κ2) is 4.97. The average Bonchev–Trinajstić information content (AvgIpc) is 2.02. The number of ether oxygens (including phenoxy) is 1. The zero-order valence-corrected chi connectivity index (χ0v) is 9.34. The Morgan fingerprint density at radius 1 is 1.31 bits per heavy atom. The van der Waals surface area contributed by atoms with Gasteiger partial charge in [0.25, 0.3) is 0 Å². The highest BCUT2D eigenvalue weighted by Gasteiger charge is 2.24. The molecule has 0 bridgehead atoms. The van der Waals surface area contributed by atoms with Gasteiger partial charge in [-0.15, -0.1) is 0 Å². The zero-order chi connectivity index (χ0) is 9.84. The number of nitrogens with one attached hydrogen (secondary N) is 1. The predicted octanol–water partition coefficient (Wildman–Crippen LogP) is 2.33. The lowest BCUT2D eigenvalue weighted by molar-refractivity contribution is -0.0433. The lowest BCUT2D eigenvalue weighted by Crippen LogP contribution is -2.44. The maximum atomic E-state index is 5.69. The molecule has 0 spiro atoms. The third-order valence-corrected chi connectivity index (χ3v) is 2.83. The summed E-state index contributed by atoms with van der Waals surface area (Å²) < 4.78 is 5.69. The van der Waals surface area contributed by atoms with Crippen LogP contribution in [-0.2, 0) is 4.74 Å². The van der Waals surface area contributed by atoms with Crippen molar-refractivity contribution in [1.82, 2.24) is 5.32 Å². The Morgan fingerprint density at radius 2 is 1.85 bits per heavy atom. The molecule has 3 atom stereocenters. The first-order chi connectivity index (χ1) is 6.11. The van der Waals surface area contributed by atoms with E-state index >= 15 is 0 Å². The minimum Gasteiger partial charge on any atom is -0.375 e. The molecule has 1 fully saturated rings. The standard InChI is InChI=1S/C11H23NO/c1-5-8(2)12-11-6-9(3)13-10(4)7-11/h8-12H,5-7H2,1-4H3/t8-,9+,10+/m0/s1. The molecule has 1 rings (SSSR count). The molecule has 0 aromatic carbocycles. The smallest absolute Gasteiger partial charge is 0.0565 e. The molecule has 1 N–H and O–H groups in total. The SMILES string of the molecule is CC[C@H](C)NC1C[C@@H](C)O[C@H](C)C1. The van der Waals surface area contributed by atoms with Crippen LogP contribution in [0.5, 0.6) is 0 Å². The molecule has 2 heteroatoms. The fourth-order valence-corrected chi connectivity index (χ4v) is 2.06. The van der Waals surface area contributed by atoms with Crippen LogP contribution < -0.4 is 5.32 Å². The van der Waals surface area contributed by atoms with E-state index in [1.54, 1.807) is 0 Å². The van der Waals surface area contributed by atoms with Gasteiger partial charge >= 0.3 is 0 Å². The van der Waals surface area contributed by atoms with Gasteiger partial charge in [-0.1, -0.05) is 6.92 Å². The molecule has 1 heterocycles. The second-order valence-corrected chi connectivity index (χ2v) is 4.40. The molecule has 0 aromatic heterocycles. The maximum absolute atomic E-state index is 5.69. The summed E-state index contributed by atoms with van der Waals surface area (Å²) >= 11 is 0. The van der Waals surface area contributed by atoms with E-state index in [-0.39, 0.29) is 0 Å². The van der Waals surface area contributed by atoms with Crippen molar-refractivity contribution in [2.24, 2.45) is 0 Å². The molecule has 0 unspecified atom stereocenters. The van der Waals surface area contributed by atoms with E-state index in [1.807, 2.05) is 0 Å². The van der Waals surface area contributed by atoms with Gasteiger partial charge in [0, 0.05) is 12.1 Å². The van der Waals surface area contributed by atoms with Crippen molar-refractivity contribution in [3.63, 3.8) is 0 Å². The van der Waals surface area contributed by atoms with Crippen LogP contribution in [0.2, 0.25) is 0 Å². The van der Waals surface area contributed by atoms with Crippen LogP contribution in [0.1, 0.15) is 47.0 Å². The van der Waals surface area contributed by atoms with Gasteiger partial charge in [-0.2, -0.15) is 0 Å². The number of hydrogen-bond acceptors (Lipinski definition) is 2. The molecule has 0 aromatic rings. The average molecular weight is 185 g/mol. The summed E-state index contributed by atoms with van der Waals surface area (Å²) in [5, 5.41) is 3.65. The largest absolute Gasteiger partial charge is 0.375 e. The van der Waals surface area contributed by atoms with Crippen molar-refractivity contribution < 1.29 is 4.74 Å². The highest BCUT2D eigenvalue weighted by molar-refractivity contribution is 4.80. The molecule has 0 radical (unpaired) electrons. The van der Waals surface area contributed by atoms with E-state index in [0.717, 1.165) is 12.8 Å². The van der Waals surface area contributed by atoms with Crippen LogP contribution in [0.4, 0.5) is 0 Å². The summed E-state index contributed by atoms with van der Waals surface area (Å²) in [7, 11) is 0. The van der Waals surface area contributed by atoms with E-state index in [1.165, 1.54) is 6.42 Å². The first kappa shape index (κ1) is 11.0. The Hall–Kier alpha value is -0.0800. The van der Waals surface area contributed by atoms with Gasteiger partial charge in [0.15, 0.2) is 0 Å². The molecular weight excluding hydrogens is 162 g/mol. The minimum atomic E-state index is 0.422. The Balaban J connectivity index is 2.32. The van der Waals surface area contributed by atoms with Crippen LogP contribution in [0.3, 0.4) is 0 Å². The molecule has 1 aliphatic heterocycles. The summed E-state index contributed by atoms with van der Waals surface area (Å²) in [4.78, 5) is 0. The molecule has 0 saturated carbocycles. The van der Waals surface area contributed by atoms with Crippen LogP contribution >= 0.6 is 0 Å². The minimum absolute atomic E-state index is 0.422. The summed E-state index contributed by atoms with van der Waals surface area (Å²) in [5.41, 5.74) is 0. The Bertz CT molecular complexity index is 139. The van der Waals surface area contributed by atoms with Gasteiger partial charge in [0.05, 0.1) is 12.2 Å². The zero-order valence-electron chi connectivity index (χ0n) is 9.34. The van der Waals surface area contributed by atoms with E-state index < -0.39 is 0 Å². The van der Waals surface area contributed by atoms with Gasteiger partial charge in [0.2, 0.25) is 0 Å². The van der Waals surface area contributed by atoms with Crippen LogP contribution in [0, 0.1) is 0 Å². The van der Waals surface area contributed by atoms with Crippen molar-refractivity contribution in [3.05, 3.63) is 0 Å². The van der Waals surface area contributed by atoms with Gasteiger partial charge < -0.3 is 10.1 Å². The summed E-state index contributed by atoms with van der Waals surface area (Å²) in [6.45, 7) is 8.82. The molecule has 78 valence electrons. The first-order valence-corrected chi connectivity index (χ1v) is 5.53. The Morgan fingerprint density at radius 3 is 2.31 bits per heavy atom. The van der Waals surface area contributed by atoms with Crippen LogP contribution in [-0.4, -0.2) is 24.3 Å². The quantitative estimate of drug-likeness (QED) is 0.728. The monoisotopic (exact) mass is 185 g/mol. The van der Waals surface area contributed by atoms with E-state index in [9.17, 15) is 0 Å². The fraction of sp³-hybridized carbons (Fsp3) is 1.00. The van der Waals surface area contributed by atoms with E-state index in [4.69, 9.17) is 4.74 Å². The Labute approximate surface area is 82.0 Å². The Kier molecular flexibility index (Phi) is 4.20. The van der Waals surface area contributed by atoms with Crippen molar-refractivity contribution in [1.29, 1.82) is 0 Å². The number of rotatable bonds is 3. The topological polar surface area (TPSA) is 21.3 Å². The highest BCUT2D eigenvalue weighted by Crippen LogP contribution is 2.19. The summed E-state index contributed by atoms with van der Waals surface area (Å²) in [6.07, 6.45) is 4.37. The van der Waals surface area contributed by atoms with Crippen molar-refractivity contribution >= 4 is 0 Å². The summed E-state index contributed by atoms with van der Waals surface area (Å²) in [6, 6.07) is 1.30. The molecule has 0 amide bonds. The molecule has 0 aliphatic carbocycles. The number of hydrogen-bond donors (Lipinski definition) is 1. The first-order valence-electron chi connectivity index (χ1n) is 5.53. The third kappa shape index (κ3) is 3.65.